The Morgan fingerprint density at radius 3 is 2.72 bits per heavy atom. The second kappa shape index (κ2) is 4.59. The molecule has 5 heteroatoms. The SMILES string of the molecule is Fc1ccc(F)c(-c2csc(-c3ccsc3)n2)c1. The normalized spacial score (nSPS) is 10.8. The van der Waals surface area contributed by atoms with E-state index in [-0.39, 0.29) is 5.56 Å². The average Bonchev–Trinajstić information content (AvgIpc) is 3.00. The van der Waals surface area contributed by atoms with E-state index < -0.39 is 11.6 Å². The van der Waals surface area contributed by atoms with Gasteiger partial charge in [-0.05, 0) is 29.6 Å². The average molecular weight is 279 g/mol. The monoisotopic (exact) mass is 279 g/mol. The highest BCUT2D eigenvalue weighted by Gasteiger charge is 2.11. The van der Waals surface area contributed by atoms with Crippen molar-refractivity contribution in [1.29, 1.82) is 0 Å². The summed E-state index contributed by atoms with van der Waals surface area (Å²) in [5.74, 6) is -0.921. The van der Waals surface area contributed by atoms with Crippen molar-refractivity contribution in [2.75, 3.05) is 0 Å². The van der Waals surface area contributed by atoms with Gasteiger partial charge in [0.05, 0.1) is 5.69 Å². The molecule has 0 atom stereocenters. The van der Waals surface area contributed by atoms with Crippen molar-refractivity contribution in [1.82, 2.24) is 4.98 Å². The highest BCUT2D eigenvalue weighted by molar-refractivity contribution is 7.14. The summed E-state index contributed by atoms with van der Waals surface area (Å²) in [5, 5.41) is 6.49. The van der Waals surface area contributed by atoms with Gasteiger partial charge >= 0.3 is 0 Å². The van der Waals surface area contributed by atoms with Crippen LogP contribution in [0.25, 0.3) is 21.8 Å². The number of hydrogen-bond acceptors (Lipinski definition) is 3. The van der Waals surface area contributed by atoms with E-state index in [0.717, 1.165) is 22.7 Å². The van der Waals surface area contributed by atoms with Crippen molar-refractivity contribution in [3.8, 4) is 21.8 Å². The van der Waals surface area contributed by atoms with E-state index >= 15 is 0 Å². The lowest BCUT2D eigenvalue weighted by Gasteiger charge is -1.98. The first-order valence-corrected chi connectivity index (χ1v) is 7.00. The van der Waals surface area contributed by atoms with E-state index in [2.05, 4.69) is 4.98 Å². The van der Waals surface area contributed by atoms with Gasteiger partial charge in [-0.15, -0.1) is 11.3 Å². The molecule has 0 aliphatic rings. The Hall–Kier alpha value is -1.59. The Labute approximate surface area is 110 Å². The maximum absolute atomic E-state index is 13.6. The maximum Gasteiger partial charge on any atom is 0.132 e. The smallest absolute Gasteiger partial charge is 0.132 e. The minimum atomic E-state index is -0.462. The molecular formula is C13H7F2NS2. The first-order valence-electron chi connectivity index (χ1n) is 5.17. The number of aromatic nitrogens is 1. The summed E-state index contributed by atoms with van der Waals surface area (Å²) < 4.78 is 26.7. The molecule has 0 fully saturated rings. The summed E-state index contributed by atoms with van der Waals surface area (Å²) in [7, 11) is 0. The second-order valence-electron chi connectivity index (χ2n) is 3.67. The molecule has 0 bridgehead atoms. The van der Waals surface area contributed by atoms with Crippen LogP contribution >= 0.6 is 22.7 Å². The summed E-state index contributed by atoms with van der Waals surface area (Å²) in [6.45, 7) is 0. The third kappa shape index (κ3) is 2.07. The summed E-state index contributed by atoms with van der Waals surface area (Å²) in [6, 6.07) is 5.34. The molecule has 90 valence electrons. The quantitative estimate of drug-likeness (QED) is 0.655. The van der Waals surface area contributed by atoms with Crippen LogP contribution in [-0.2, 0) is 0 Å². The second-order valence-corrected chi connectivity index (χ2v) is 5.31. The van der Waals surface area contributed by atoms with E-state index in [4.69, 9.17) is 0 Å². The fraction of sp³-hybridized carbons (Fsp3) is 0. The van der Waals surface area contributed by atoms with Crippen molar-refractivity contribution in [2.45, 2.75) is 0 Å². The van der Waals surface area contributed by atoms with Gasteiger partial charge in [0.15, 0.2) is 0 Å². The summed E-state index contributed by atoms with van der Waals surface area (Å²) in [5.41, 5.74) is 1.68. The van der Waals surface area contributed by atoms with Gasteiger partial charge in [0.2, 0.25) is 0 Å². The maximum atomic E-state index is 13.6. The Kier molecular flexibility index (Phi) is 2.93. The number of rotatable bonds is 2. The molecule has 1 aromatic carbocycles. The summed E-state index contributed by atoms with van der Waals surface area (Å²) in [6.07, 6.45) is 0. The Bertz CT molecular complexity index is 674. The molecule has 0 N–H and O–H groups in total. The number of hydrogen-bond donors (Lipinski definition) is 0. The zero-order valence-corrected chi connectivity index (χ0v) is 10.7. The van der Waals surface area contributed by atoms with Gasteiger partial charge < -0.3 is 0 Å². The molecule has 0 radical (unpaired) electrons. The lowest BCUT2D eigenvalue weighted by molar-refractivity contribution is 0.603. The molecule has 0 spiro atoms. The molecule has 0 amide bonds. The molecule has 1 nitrogen and oxygen atoms in total. The molecule has 3 rings (SSSR count). The van der Waals surface area contributed by atoms with Crippen LogP contribution in [0, 0.1) is 11.6 Å². The summed E-state index contributed by atoms with van der Waals surface area (Å²) in [4.78, 5) is 4.34. The molecule has 2 heterocycles. The summed E-state index contributed by atoms with van der Waals surface area (Å²) >= 11 is 3.00. The van der Waals surface area contributed by atoms with Gasteiger partial charge in [0.25, 0.3) is 0 Å². The van der Waals surface area contributed by atoms with Crippen LogP contribution in [-0.4, -0.2) is 4.98 Å². The fourth-order valence-electron chi connectivity index (χ4n) is 1.61. The zero-order chi connectivity index (χ0) is 12.5. The third-order valence-corrected chi connectivity index (χ3v) is 4.05. The van der Waals surface area contributed by atoms with Crippen LogP contribution in [0.4, 0.5) is 8.78 Å². The predicted octanol–water partition coefficient (Wildman–Crippen LogP) is 4.82. The molecule has 0 aliphatic heterocycles. The van der Waals surface area contributed by atoms with Crippen LogP contribution < -0.4 is 0 Å². The van der Waals surface area contributed by atoms with Crippen molar-refractivity contribution in [2.24, 2.45) is 0 Å². The molecule has 0 aliphatic carbocycles. The minimum Gasteiger partial charge on any atom is -0.236 e. The molecule has 0 saturated heterocycles. The molecule has 0 unspecified atom stereocenters. The number of halogens is 2. The molecule has 18 heavy (non-hydrogen) atoms. The van der Waals surface area contributed by atoms with Gasteiger partial charge in [-0.1, -0.05) is 0 Å². The molecular weight excluding hydrogens is 272 g/mol. The fourth-order valence-corrected chi connectivity index (χ4v) is 3.14. The highest BCUT2D eigenvalue weighted by Crippen LogP contribution is 2.31. The van der Waals surface area contributed by atoms with Gasteiger partial charge in [-0.25, -0.2) is 13.8 Å². The third-order valence-electron chi connectivity index (χ3n) is 2.48. The Morgan fingerprint density at radius 1 is 1.06 bits per heavy atom. The van der Waals surface area contributed by atoms with Crippen LogP contribution in [0.3, 0.4) is 0 Å². The molecule has 3 aromatic rings. The highest BCUT2D eigenvalue weighted by atomic mass is 32.1. The van der Waals surface area contributed by atoms with Crippen molar-refractivity contribution in [3.05, 3.63) is 52.0 Å². The number of thiazole rings is 1. The van der Waals surface area contributed by atoms with Crippen molar-refractivity contribution in [3.63, 3.8) is 0 Å². The lowest BCUT2D eigenvalue weighted by Crippen LogP contribution is -1.86. The first kappa shape index (κ1) is 11.5. The predicted molar refractivity (Wildman–Crippen MR) is 70.8 cm³/mol. The van der Waals surface area contributed by atoms with Crippen LogP contribution in [0.15, 0.2) is 40.4 Å². The van der Waals surface area contributed by atoms with E-state index in [1.165, 1.54) is 17.4 Å². The van der Waals surface area contributed by atoms with E-state index in [1.807, 2.05) is 16.8 Å². The number of benzene rings is 1. The van der Waals surface area contributed by atoms with Crippen molar-refractivity contribution < 1.29 is 8.78 Å². The Balaban J connectivity index is 2.05. The minimum absolute atomic E-state index is 0.202. The molecule has 0 saturated carbocycles. The number of thiophene rings is 1. The van der Waals surface area contributed by atoms with E-state index in [9.17, 15) is 8.78 Å². The van der Waals surface area contributed by atoms with Gasteiger partial charge in [-0.3, -0.25) is 0 Å². The lowest BCUT2D eigenvalue weighted by atomic mass is 10.1. The standard InChI is InChI=1S/C13H7F2NS2/c14-9-1-2-11(15)10(5-9)12-7-18-13(16-12)8-3-4-17-6-8/h1-7H. The number of nitrogens with zero attached hydrogens (tertiary/aromatic N) is 1. The zero-order valence-electron chi connectivity index (χ0n) is 9.06. The van der Waals surface area contributed by atoms with Crippen LogP contribution in [0.2, 0.25) is 0 Å². The van der Waals surface area contributed by atoms with Gasteiger partial charge in [-0.2, -0.15) is 11.3 Å². The van der Waals surface area contributed by atoms with Gasteiger partial charge in [0, 0.05) is 21.9 Å². The topological polar surface area (TPSA) is 12.9 Å². The van der Waals surface area contributed by atoms with Gasteiger partial charge in [0.1, 0.15) is 16.6 Å². The molecule has 2 aromatic heterocycles. The van der Waals surface area contributed by atoms with Crippen LogP contribution in [0.1, 0.15) is 0 Å². The first-order chi connectivity index (χ1) is 8.74. The Morgan fingerprint density at radius 2 is 1.94 bits per heavy atom. The van der Waals surface area contributed by atoms with Crippen molar-refractivity contribution >= 4 is 22.7 Å². The van der Waals surface area contributed by atoms with E-state index in [0.29, 0.717) is 5.69 Å². The largest absolute Gasteiger partial charge is 0.236 e. The van der Waals surface area contributed by atoms with E-state index in [1.54, 1.807) is 16.7 Å². The van der Waals surface area contributed by atoms with Crippen LogP contribution in [0.5, 0.6) is 0 Å².